The minimum absolute atomic E-state index is 0.102. The second-order valence-electron chi connectivity index (χ2n) is 7.27. The molecule has 2 heterocycles. The first-order valence-corrected chi connectivity index (χ1v) is 8.57. The molecule has 6 nitrogen and oxygen atoms in total. The Morgan fingerprint density at radius 2 is 1.77 bits per heavy atom. The first-order chi connectivity index (χ1) is 10.6. The van der Waals surface area contributed by atoms with E-state index < -0.39 is 5.54 Å². The normalized spacial score (nSPS) is 41.5. The lowest BCUT2D eigenvalue weighted by molar-refractivity contribution is -0.143. The van der Waals surface area contributed by atoms with E-state index in [0.717, 1.165) is 25.7 Å². The molecular weight excluding hydrogens is 282 g/mol. The summed E-state index contributed by atoms with van der Waals surface area (Å²) in [7, 11) is 0. The molecule has 4 fully saturated rings. The Morgan fingerprint density at radius 3 is 2.59 bits per heavy atom. The van der Waals surface area contributed by atoms with Gasteiger partial charge in [0.25, 0.3) is 5.91 Å². The molecule has 6 heteroatoms. The van der Waals surface area contributed by atoms with Gasteiger partial charge in [0.15, 0.2) is 0 Å². The number of hydrogen-bond donors (Lipinski definition) is 2. The highest BCUT2D eigenvalue weighted by molar-refractivity contribution is 6.06. The Labute approximate surface area is 130 Å². The van der Waals surface area contributed by atoms with Gasteiger partial charge in [-0.05, 0) is 32.1 Å². The average Bonchev–Trinajstić information content (AvgIpc) is 2.99. The molecule has 2 saturated carbocycles. The summed E-state index contributed by atoms with van der Waals surface area (Å²) in [5, 5.41) is 5.61. The van der Waals surface area contributed by atoms with Gasteiger partial charge in [0.1, 0.15) is 5.54 Å². The van der Waals surface area contributed by atoms with Crippen molar-refractivity contribution in [3.05, 3.63) is 0 Å². The molecule has 2 bridgehead atoms. The maximum atomic E-state index is 12.6. The Kier molecular flexibility index (Phi) is 3.16. The maximum absolute atomic E-state index is 12.6. The minimum Gasteiger partial charge on any atom is -0.333 e. The van der Waals surface area contributed by atoms with Crippen molar-refractivity contribution in [3.8, 4) is 0 Å². The van der Waals surface area contributed by atoms with Crippen LogP contribution in [0.5, 0.6) is 0 Å². The largest absolute Gasteiger partial charge is 0.333 e. The van der Waals surface area contributed by atoms with Crippen LogP contribution in [-0.2, 0) is 9.59 Å². The first-order valence-electron chi connectivity index (χ1n) is 8.57. The Morgan fingerprint density at radius 1 is 1.00 bits per heavy atom. The van der Waals surface area contributed by atoms with Crippen LogP contribution in [0.15, 0.2) is 0 Å². The zero-order valence-corrected chi connectivity index (χ0v) is 12.8. The van der Waals surface area contributed by atoms with Crippen molar-refractivity contribution in [1.29, 1.82) is 0 Å². The van der Waals surface area contributed by atoms with E-state index in [4.69, 9.17) is 0 Å². The van der Waals surface area contributed by atoms with E-state index in [-0.39, 0.29) is 35.8 Å². The van der Waals surface area contributed by atoms with Crippen molar-refractivity contribution in [2.45, 2.75) is 75.4 Å². The maximum Gasteiger partial charge on any atom is 0.318 e. The number of rotatable bonds is 1. The quantitative estimate of drug-likeness (QED) is 0.717. The zero-order valence-electron chi connectivity index (χ0n) is 12.8. The highest BCUT2D eigenvalue weighted by Gasteiger charge is 2.60. The van der Waals surface area contributed by atoms with Crippen LogP contribution in [0, 0.1) is 5.92 Å². The monoisotopic (exact) mass is 305 g/mol. The van der Waals surface area contributed by atoms with Crippen molar-refractivity contribution in [3.63, 3.8) is 0 Å². The van der Waals surface area contributed by atoms with Crippen LogP contribution in [-0.4, -0.2) is 40.4 Å². The van der Waals surface area contributed by atoms with Gasteiger partial charge in [0, 0.05) is 5.92 Å². The number of hydrogen-bond acceptors (Lipinski definition) is 3. The van der Waals surface area contributed by atoms with Gasteiger partial charge < -0.3 is 10.2 Å². The first kappa shape index (κ1) is 14.0. The van der Waals surface area contributed by atoms with Crippen molar-refractivity contribution in [1.82, 2.24) is 15.5 Å². The van der Waals surface area contributed by atoms with Crippen LogP contribution < -0.4 is 10.6 Å². The molecule has 2 aliphatic carbocycles. The van der Waals surface area contributed by atoms with Crippen LogP contribution in [0.4, 0.5) is 4.79 Å². The number of piperidine rings is 1. The molecule has 2 N–H and O–H groups in total. The van der Waals surface area contributed by atoms with Crippen LogP contribution >= 0.6 is 0 Å². The Balaban J connectivity index is 1.67. The zero-order chi connectivity index (χ0) is 15.3. The summed E-state index contributed by atoms with van der Waals surface area (Å²) in [6, 6.07) is 0.152. The Bertz CT molecular complexity index is 535. The molecule has 0 radical (unpaired) electrons. The van der Waals surface area contributed by atoms with E-state index in [1.807, 2.05) is 4.90 Å². The summed E-state index contributed by atoms with van der Waals surface area (Å²) >= 11 is 0. The number of carbonyl (C=O) groups is 3. The Hall–Kier alpha value is -1.59. The summed E-state index contributed by atoms with van der Waals surface area (Å²) < 4.78 is 0. The number of imide groups is 1. The minimum atomic E-state index is -0.790. The van der Waals surface area contributed by atoms with Crippen molar-refractivity contribution in [2.75, 3.05) is 0 Å². The lowest BCUT2D eigenvalue weighted by atomic mass is 9.85. The standard InChI is InChI=1S/C16H23N3O3/c20-13-10-7-8-16(9-10,14(21)18-13)19-12-6-4-2-1-3-5-11(12)17-15(19)22/h10-12H,1-9H2,(H,17,22)(H,18,20,21). The number of carbonyl (C=O) groups excluding carboxylic acids is 3. The van der Waals surface area contributed by atoms with Gasteiger partial charge in [-0.25, -0.2) is 4.79 Å². The van der Waals surface area contributed by atoms with E-state index in [1.54, 1.807) is 0 Å². The van der Waals surface area contributed by atoms with E-state index in [1.165, 1.54) is 12.8 Å². The van der Waals surface area contributed by atoms with E-state index >= 15 is 0 Å². The molecule has 0 spiro atoms. The fourth-order valence-electron chi connectivity index (χ4n) is 4.95. The van der Waals surface area contributed by atoms with Gasteiger partial charge in [-0.1, -0.05) is 25.7 Å². The highest BCUT2D eigenvalue weighted by atomic mass is 16.2. The lowest BCUT2D eigenvalue weighted by Crippen LogP contribution is -2.64. The fraction of sp³-hybridized carbons (Fsp3) is 0.812. The third-order valence-electron chi connectivity index (χ3n) is 6.07. The van der Waals surface area contributed by atoms with Crippen LogP contribution in [0.25, 0.3) is 0 Å². The molecule has 22 heavy (non-hydrogen) atoms. The van der Waals surface area contributed by atoms with Crippen molar-refractivity contribution in [2.24, 2.45) is 5.92 Å². The third kappa shape index (κ3) is 1.88. The van der Waals surface area contributed by atoms with Gasteiger partial charge in [-0.2, -0.15) is 0 Å². The summed E-state index contributed by atoms with van der Waals surface area (Å²) in [4.78, 5) is 38.9. The fourth-order valence-corrected chi connectivity index (χ4v) is 4.95. The molecule has 4 amide bonds. The van der Waals surface area contributed by atoms with E-state index in [9.17, 15) is 14.4 Å². The molecule has 4 atom stereocenters. The number of amides is 4. The average molecular weight is 305 g/mol. The van der Waals surface area contributed by atoms with Gasteiger partial charge in [0.05, 0.1) is 12.1 Å². The van der Waals surface area contributed by atoms with E-state index in [0.29, 0.717) is 19.3 Å². The van der Waals surface area contributed by atoms with Crippen LogP contribution in [0.1, 0.15) is 57.8 Å². The topological polar surface area (TPSA) is 78.5 Å². The predicted molar refractivity (Wildman–Crippen MR) is 78.9 cm³/mol. The van der Waals surface area contributed by atoms with Crippen molar-refractivity contribution >= 4 is 17.8 Å². The van der Waals surface area contributed by atoms with Crippen molar-refractivity contribution < 1.29 is 14.4 Å². The number of nitrogens with zero attached hydrogens (tertiary/aromatic N) is 1. The van der Waals surface area contributed by atoms with Crippen LogP contribution in [0.2, 0.25) is 0 Å². The molecule has 0 aromatic heterocycles. The molecule has 120 valence electrons. The summed E-state index contributed by atoms with van der Waals surface area (Å²) in [6.45, 7) is 0. The molecule has 0 aromatic carbocycles. The van der Waals surface area contributed by atoms with E-state index in [2.05, 4.69) is 10.6 Å². The molecular formula is C16H23N3O3. The van der Waals surface area contributed by atoms with Gasteiger partial charge in [-0.15, -0.1) is 0 Å². The van der Waals surface area contributed by atoms with Gasteiger partial charge in [-0.3, -0.25) is 14.9 Å². The molecule has 4 rings (SSSR count). The molecule has 0 aromatic rings. The second kappa shape index (κ2) is 4.96. The third-order valence-corrected chi connectivity index (χ3v) is 6.07. The number of nitrogens with one attached hydrogen (secondary N) is 2. The predicted octanol–water partition coefficient (Wildman–Crippen LogP) is 1.30. The SMILES string of the molecule is O=C1NC(=O)C2(N3C(=O)NC4CCCCCCC43)CCC1C2. The van der Waals surface area contributed by atoms with Crippen LogP contribution in [0.3, 0.4) is 0 Å². The summed E-state index contributed by atoms with van der Waals surface area (Å²) in [5.74, 6) is -0.533. The van der Waals surface area contributed by atoms with Gasteiger partial charge >= 0.3 is 6.03 Å². The summed E-state index contributed by atoms with van der Waals surface area (Å²) in [5.41, 5.74) is -0.790. The molecule has 2 saturated heterocycles. The molecule has 2 aliphatic heterocycles. The smallest absolute Gasteiger partial charge is 0.318 e. The number of fused-ring (bicyclic) bond motifs is 3. The molecule has 4 unspecified atom stereocenters. The number of urea groups is 1. The highest BCUT2D eigenvalue weighted by Crippen LogP contribution is 2.46. The molecule has 4 aliphatic rings. The summed E-state index contributed by atoms with van der Waals surface area (Å²) in [6.07, 6.45) is 8.44. The second-order valence-corrected chi connectivity index (χ2v) is 7.27. The lowest BCUT2D eigenvalue weighted by Gasteiger charge is -2.42. The van der Waals surface area contributed by atoms with Gasteiger partial charge in [0.2, 0.25) is 5.91 Å².